The van der Waals surface area contributed by atoms with E-state index in [2.05, 4.69) is 5.32 Å². The minimum atomic E-state index is -0.546. The number of benzene rings is 2. The summed E-state index contributed by atoms with van der Waals surface area (Å²) in [5.41, 5.74) is 2.90. The highest BCUT2D eigenvalue weighted by atomic mass is 35.5. The van der Waals surface area contributed by atoms with Gasteiger partial charge < -0.3 is 10.2 Å². The monoisotopic (exact) mass is 448 g/mol. The number of halogens is 2. The normalized spacial score (nSPS) is 12.9. The summed E-state index contributed by atoms with van der Waals surface area (Å²) in [5.74, 6) is -0.249. The number of carbonyl (C=O) groups excluding carboxylic acids is 2. The molecule has 0 radical (unpaired) electrons. The Labute approximate surface area is 189 Å². The Kier molecular flexibility index (Phi) is 9.19. The Bertz CT molecular complexity index is 868. The molecule has 0 saturated heterocycles. The molecule has 0 bridgehead atoms. The number of amides is 2. The molecular formula is C24H30Cl2N2O2. The van der Waals surface area contributed by atoms with Gasteiger partial charge in [0.2, 0.25) is 11.8 Å². The summed E-state index contributed by atoms with van der Waals surface area (Å²) >= 11 is 12.1. The van der Waals surface area contributed by atoms with Crippen LogP contribution in [0.2, 0.25) is 10.0 Å². The van der Waals surface area contributed by atoms with Crippen molar-refractivity contribution in [2.24, 2.45) is 0 Å². The van der Waals surface area contributed by atoms with Crippen molar-refractivity contribution >= 4 is 35.0 Å². The van der Waals surface area contributed by atoms with E-state index < -0.39 is 6.04 Å². The Morgan fingerprint density at radius 3 is 2.17 bits per heavy atom. The third-order valence-corrected chi connectivity index (χ3v) is 5.94. The lowest BCUT2D eigenvalue weighted by molar-refractivity contribution is -0.141. The molecule has 0 saturated carbocycles. The summed E-state index contributed by atoms with van der Waals surface area (Å²) in [7, 11) is 0. The van der Waals surface area contributed by atoms with Gasteiger partial charge in [-0.05, 0) is 49.9 Å². The first-order valence-corrected chi connectivity index (χ1v) is 11.1. The van der Waals surface area contributed by atoms with Gasteiger partial charge in [-0.25, -0.2) is 0 Å². The van der Waals surface area contributed by atoms with Crippen molar-refractivity contribution in [1.82, 2.24) is 10.2 Å². The van der Waals surface area contributed by atoms with Crippen molar-refractivity contribution in [3.05, 3.63) is 69.2 Å². The highest BCUT2D eigenvalue weighted by molar-refractivity contribution is 6.42. The smallest absolute Gasteiger partial charge is 0.243 e. The summed E-state index contributed by atoms with van der Waals surface area (Å²) < 4.78 is 0. The molecule has 0 aliphatic heterocycles. The van der Waals surface area contributed by atoms with Gasteiger partial charge in [-0.2, -0.15) is 0 Å². The Hall–Kier alpha value is -2.04. The molecule has 162 valence electrons. The van der Waals surface area contributed by atoms with Crippen LogP contribution in [-0.4, -0.2) is 28.8 Å². The zero-order valence-electron chi connectivity index (χ0n) is 18.0. The van der Waals surface area contributed by atoms with Gasteiger partial charge >= 0.3 is 0 Å². The molecule has 4 nitrogen and oxygen atoms in total. The average molecular weight is 449 g/mol. The van der Waals surface area contributed by atoms with Crippen LogP contribution in [0.5, 0.6) is 0 Å². The van der Waals surface area contributed by atoms with Gasteiger partial charge in [0, 0.05) is 12.6 Å². The van der Waals surface area contributed by atoms with Crippen LogP contribution in [0.4, 0.5) is 0 Å². The fourth-order valence-electron chi connectivity index (χ4n) is 3.18. The molecule has 0 heterocycles. The lowest BCUT2D eigenvalue weighted by Gasteiger charge is -2.31. The summed E-state index contributed by atoms with van der Waals surface area (Å²) in [4.78, 5) is 27.9. The molecule has 0 fully saturated rings. The maximum Gasteiger partial charge on any atom is 0.243 e. The van der Waals surface area contributed by atoms with Gasteiger partial charge in [0.25, 0.3) is 0 Å². The van der Waals surface area contributed by atoms with E-state index in [4.69, 9.17) is 23.2 Å². The van der Waals surface area contributed by atoms with Crippen LogP contribution >= 0.6 is 23.2 Å². The van der Waals surface area contributed by atoms with Gasteiger partial charge in [0.05, 0.1) is 16.5 Å². The van der Waals surface area contributed by atoms with Gasteiger partial charge in [0.1, 0.15) is 6.04 Å². The molecule has 0 aliphatic rings. The molecule has 2 atom stereocenters. The van der Waals surface area contributed by atoms with E-state index in [0.29, 0.717) is 23.0 Å². The summed E-state index contributed by atoms with van der Waals surface area (Å²) in [5, 5.41) is 3.88. The third kappa shape index (κ3) is 6.75. The van der Waals surface area contributed by atoms with Crippen LogP contribution in [0.15, 0.2) is 42.5 Å². The lowest BCUT2D eigenvalue weighted by atomic mass is 10.1. The SMILES string of the molecule is CC[C@H](C)NC(=O)[C@H](CC)N(Cc1ccc(C)cc1)C(=O)Cc1ccc(Cl)c(Cl)c1. The number of nitrogens with zero attached hydrogens (tertiary/aromatic N) is 1. The number of rotatable bonds is 9. The predicted molar refractivity (Wildman–Crippen MR) is 124 cm³/mol. The van der Waals surface area contributed by atoms with Crippen molar-refractivity contribution in [1.29, 1.82) is 0 Å². The van der Waals surface area contributed by atoms with Crippen LogP contribution < -0.4 is 5.32 Å². The van der Waals surface area contributed by atoms with Crippen molar-refractivity contribution in [2.45, 2.75) is 65.6 Å². The highest BCUT2D eigenvalue weighted by Gasteiger charge is 2.29. The maximum absolute atomic E-state index is 13.3. The molecule has 0 aliphatic carbocycles. The fraction of sp³-hybridized carbons (Fsp3) is 0.417. The van der Waals surface area contributed by atoms with E-state index in [1.54, 1.807) is 23.1 Å². The second-order valence-corrected chi connectivity index (χ2v) is 8.49. The van der Waals surface area contributed by atoms with Gasteiger partial charge in [-0.3, -0.25) is 9.59 Å². The van der Waals surface area contributed by atoms with Crippen LogP contribution in [-0.2, 0) is 22.6 Å². The zero-order chi connectivity index (χ0) is 22.3. The first-order chi connectivity index (χ1) is 14.2. The summed E-state index contributed by atoms with van der Waals surface area (Å²) in [6, 6.07) is 12.7. The number of aryl methyl sites for hydroxylation is 1. The van der Waals surface area contributed by atoms with E-state index in [-0.39, 0.29) is 24.3 Å². The minimum Gasteiger partial charge on any atom is -0.352 e. The molecule has 0 spiro atoms. The van der Waals surface area contributed by atoms with Crippen LogP contribution in [0.25, 0.3) is 0 Å². The number of carbonyl (C=O) groups is 2. The van der Waals surface area contributed by atoms with Gasteiger partial charge in [-0.1, -0.05) is 72.9 Å². The first kappa shape index (κ1) is 24.2. The highest BCUT2D eigenvalue weighted by Crippen LogP contribution is 2.23. The lowest BCUT2D eigenvalue weighted by Crippen LogP contribution is -2.51. The zero-order valence-corrected chi connectivity index (χ0v) is 19.6. The number of hydrogen-bond acceptors (Lipinski definition) is 2. The summed E-state index contributed by atoms with van der Waals surface area (Å²) in [6.07, 6.45) is 1.51. The molecule has 2 aromatic rings. The minimum absolute atomic E-state index is 0.0537. The molecule has 2 amide bonds. The second kappa shape index (κ2) is 11.4. The van der Waals surface area contributed by atoms with Gasteiger partial charge in [0.15, 0.2) is 0 Å². The van der Waals surface area contributed by atoms with Crippen molar-refractivity contribution in [3.8, 4) is 0 Å². The quantitative estimate of drug-likeness (QED) is 0.545. The van der Waals surface area contributed by atoms with E-state index >= 15 is 0 Å². The fourth-order valence-corrected chi connectivity index (χ4v) is 3.50. The molecule has 0 unspecified atom stereocenters. The largest absolute Gasteiger partial charge is 0.352 e. The number of nitrogens with one attached hydrogen (secondary N) is 1. The first-order valence-electron chi connectivity index (χ1n) is 10.3. The Morgan fingerprint density at radius 1 is 0.967 bits per heavy atom. The van der Waals surface area contributed by atoms with Crippen LogP contribution in [0.1, 0.15) is 50.3 Å². The molecule has 2 aromatic carbocycles. The topological polar surface area (TPSA) is 49.4 Å². The average Bonchev–Trinajstić information content (AvgIpc) is 2.71. The van der Waals surface area contributed by atoms with E-state index in [9.17, 15) is 9.59 Å². The molecular weight excluding hydrogens is 419 g/mol. The Morgan fingerprint density at radius 2 is 1.60 bits per heavy atom. The van der Waals surface area contributed by atoms with Crippen LogP contribution in [0.3, 0.4) is 0 Å². The maximum atomic E-state index is 13.3. The van der Waals surface area contributed by atoms with Gasteiger partial charge in [-0.15, -0.1) is 0 Å². The van der Waals surface area contributed by atoms with Crippen LogP contribution in [0, 0.1) is 6.92 Å². The van der Waals surface area contributed by atoms with Crippen molar-refractivity contribution < 1.29 is 9.59 Å². The summed E-state index contributed by atoms with van der Waals surface area (Å²) in [6.45, 7) is 8.30. The van der Waals surface area contributed by atoms with E-state index in [1.165, 1.54) is 0 Å². The second-order valence-electron chi connectivity index (χ2n) is 7.67. The molecule has 30 heavy (non-hydrogen) atoms. The number of hydrogen-bond donors (Lipinski definition) is 1. The molecule has 1 N–H and O–H groups in total. The molecule has 0 aromatic heterocycles. The van der Waals surface area contributed by atoms with E-state index in [0.717, 1.165) is 23.1 Å². The van der Waals surface area contributed by atoms with Crippen molar-refractivity contribution in [2.75, 3.05) is 0 Å². The molecule has 6 heteroatoms. The van der Waals surface area contributed by atoms with Crippen molar-refractivity contribution in [3.63, 3.8) is 0 Å². The standard InChI is InChI=1S/C24H30Cl2N2O2/c1-5-17(4)27-24(30)22(6-2)28(15-18-9-7-16(3)8-10-18)23(29)14-19-11-12-20(25)21(26)13-19/h7-13,17,22H,5-6,14-15H2,1-4H3,(H,27,30)/t17-,22-/m0/s1. The van der Waals surface area contributed by atoms with E-state index in [1.807, 2.05) is 52.0 Å². The predicted octanol–water partition coefficient (Wildman–Crippen LogP) is 5.57. The third-order valence-electron chi connectivity index (χ3n) is 5.20. The Balaban J connectivity index is 2.30. The molecule has 2 rings (SSSR count).